The van der Waals surface area contributed by atoms with Crippen molar-refractivity contribution in [1.82, 2.24) is 0 Å². The van der Waals surface area contributed by atoms with Gasteiger partial charge in [-0.25, -0.2) is 4.57 Å². The normalized spacial score (nSPS) is 13.6. The van der Waals surface area contributed by atoms with Crippen LogP contribution in [0.3, 0.4) is 0 Å². The van der Waals surface area contributed by atoms with Gasteiger partial charge in [-0.3, -0.25) is 18.6 Å². The molecule has 3 N–H and O–H groups in total. The number of nitrogens with two attached hydrogens (primary N) is 1. The molecule has 0 aliphatic rings. The van der Waals surface area contributed by atoms with Crippen LogP contribution in [0.15, 0.2) is 24.3 Å². The van der Waals surface area contributed by atoms with Crippen LogP contribution in [0.25, 0.3) is 0 Å². The molecule has 0 bridgehead atoms. The summed E-state index contributed by atoms with van der Waals surface area (Å²) in [5.74, 6) is -0.876. The van der Waals surface area contributed by atoms with E-state index in [4.69, 9.17) is 24.3 Å². The number of carbonyl (C=O) groups excluding carboxylic acids is 2. The van der Waals surface area contributed by atoms with Crippen molar-refractivity contribution >= 4 is 19.8 Å². The van der Waals surface area contributed by atoms with E-state index < -0.39 is 32.5 Å². The summed E-state index contributed by atoms with van der Waals surface area (Å²) in [5, 5.41) is 0. The molecule has 51 heavy (non-hydrogen) atoms. The van der Waals surface area contributed by atoms with E-state index in [9.17, 15) is 19.0 Å². The molecule has 0 fully saturated rings. The van der Waals surface area contributed by atoms with Crippen LogP contribution in [0, 0.1) is 0 Å². The second-order valence-electron chi connectivity index (χ2n) is 13.8. The Morgan fingerprint density at radius 2 is 0.961 bits per heavy atom. The number of hydrogen-bond donors (Lipinski definition) is 2. The highest BCUT2D eigenvalue weighted by atomic mass is 31.2. The summed E-state index contributed by atoms with van der Waals surface area (Å²) in [6, 6.07) is 0. The number of phosphoric acid groups is 1. The average molecular weight is 744 g/mol. The Bertz CT molecular complexity index is 897. The largest absolute Gasteiger partial charge is 0.472 e. The Hall–Kier alpha value is -1.51. The Morgan fingerprint density at radius 1 is 0.569 bits per heavy atom. The number of hydrogen-bond acceptors (Lipinski definition) is 8. The van der Waals surface area contributed by atoms with Crippen molar-refractivity contribution in [1.29, 1.82) is 0 Å². The van der Waals surface area contributed by atoms with Crippen molar-refractivity contribution in [3.05, 3.63) is 24.3 Å². The van der Waals surface area contributed by atoms with Crippen LogP contribution in [-0.4, -0.2) is 49.3 Å². The summed E-state index contributed by atoms with van der Waals surface area (Å²) < 4.78 is 32.7. The molecule has 0 saturated heterocycles. The van der Waals surface area contributed by atoms with Crippen molar-refractivity contribution in [2.75, 3.05) is 26.4 Å². The van der Waals surface area contributed by atoms with Crippen molar-refractivity contribution in [2.45, 2.75) is 200 Å². The van der Waals surface area contributed by atoms with Crippen molar-refractivity contribution in [2.24, 2.45) is 5.73 Å². The molecule has 10 heteroatoms. The highest BCUT2D eigenvalue weighted by Crippen LogP contribution is 2.43. The van der Waals surface area contributed by atoms with E-state index in [0.29, 0.717) is 12.8 Å². The van der Waals surface area contributed by atoms with E-state index in [-0.39, 0.29) is 32.6 Å². The van der Waals surface area contributed by atoms with Crippen LogP contribution in [0.2, 0.25) is 0 Å². The number of esters is 2. The van der Waals surface area contributed by atoms with Gasteiger partial charge in [-0.15, -0.1) is 0 Å². The molecule has 1 unspecified atom stereocenters. The predicted molar refractivity (Wildman–Crippen MR) is 211 cm³/mol. The van der Waals surface area contributed by atoms with E-state index in [0.717, 1.165) is 38.5 Å². The Balaban J connectivity index is 4.23. The molecule has 0 aliphatic heterocycles. The maximum atomic E-state index is 12.5. The van der Waals surface area contributed by atoms with E-state index in [2.05, 4.69) is 38.2 Å². The van der Waals surface area contributed by atoms with Gasteiger partial charge in [0.1, 0.15) is 6.61 Å². The van der Waals surface area contributed by atoms with Crippen LogP contribution >= 0.6 is 7.82 Å². The first kappa shape index (κ1) is 49.5. The van der Waals surface area contributed by atoms with Crippen LogP contribution in [0.1, 0.15) is 194 Å². The number of rotatable bonds is 39. The number of unbranched alkanes of at least 4 members (excludes halogenated alkanes) is 22. The molecule has 0 radical (unpaired) electrons. The van der Waals surface area contributed by atoms with Crippen molar-refractivity contribution in [3.63, 3.8) is 0 Å². The number of ether oxygens (including phenoxy) is 2. The maximum Gasteiger partial charge on any atom is 0.472 e. The third-order valence-corrected chi connectivity index (χ3v) is 9.79. The molecule has 0 rings (SSSR count). The van der Waals surface area contributed by atoms with Crippen LogP contribution in [0.5, 0.6) is 0 Å². The van der Waals surface area contributed by atoms with E-state index >= 15 is 0 Å². The molecule has 0 aliphatic carbocycles. The van der Waals surface area contributed by atoms with Gasteiger partial charge >= 0.3 is 19.8 Å². The third-order valence-electron chi connectivity index (χ3n) is 8.81. The first-order valence-electron chi connectivity index (χ1n) is 20.8. The summed E-state index contributed by atoms with van der Waals surface area (Å²) in [6.07, 6.45) is 39.3. The summed E-state index contributed by atoms with van der Waals surface area (Å²) in [6.45, 7) is 3.69. The summed E-state index contributed by atoms with van der Waals surface area (Å²) in [7, 11) is -4.38. The van der Waals surface area contributed by atoms with Crippen molar-refractivity contribution < 1.29 is 37.6 Å². The van der Waals surface area contributed by atoms with Gasteiger partial charge in [-0.05, 0) is 64.2 Å². The summed E-state index contributed by atoms with van der Waals surface area (Å²) >= 11 is 0. The monoisotopic (exact) mass is 744 g/mol. The van der Waals surface area contributed by atoms with E-state index in [1.165, 1.54) is 116 Å². The molecule has 9 nitrogen and oxygen atoms in total. The number of phosphoric ester groups is 1. The SMILES string of the molecule is CCCCCCCCCCC/C=C/CCCCC(=O)OC[C@H](COP(=O)(O)OCCN)OC(=O)CCCC/C=C/CCCCCCCCCCC. The molecular formula is C41H78NO8P. The molecule has 0 spiro atoms. The zero-order chi connectivity index (χ0) is 37.5. The van der Waals surface area contributed by atoms with Crippen LogP contribution in [-0.2, 0) is 32.7 Å². The Morgan fingerprint density at radius 3 is 1.39 bits per heavy atom. The smallest absolute Gasteiger partial charge is 0.462 e. The molecule has 0 aromatic carbocycles. The lowest BCUT2D eigenvalue weighted by atomic mass is 10.1. The average Bonchev–Trinajstić information content (AvgIpc) is 3.11. The first-order chi connectivity index (χ1) is 24.8. The van der Waals surface area contributed by atoms with E-state index in [1.54, 1.807) is 0 Å². The minimum atomic E-state index is -4.38. The lowest BCUT2D eigenvalue weighted by Gasteiger charge is -2.19. The second kappa shape index (κ2) is 38.2. The quantitative estimate of drug-likeness (QED) is 0.0273. The maximum absolute atomic E-state index is 12.5. The summed E-state index contributed by atoms with van der Waals surface area (Å²) in [5.41, 5.74) is 5.34. The first-order valence-corrected chi connectivity index (χ1v) is 22.3. The van der Waals surface area contributed by atoms with Gasteiger partial charge in [-0.1, -0.05) is 141 Å². The zero-order valence-corrected chi connectivity index (χ0v) is 33.7. The molecule has 300 valence electrons. The number of allylic oxidation sites excluding steroid dienone is 4. The van der Waals surface area contributed by atoms with Crippen LogP contribution in [0.4, 0.5) is 0 Å². The fraction of sp³-hybridized carbons (Fsp3) is 0.854. The topological polar surface area (TPSA) is 134 Å². The van der Waals surface area contributed by atoms with Gasteiger partial charge in [0.2, 0.25) is 0 Å². The van der Waals surface area contributed by atoms with Gasteiger partial charge in [0.15, 0.2) is 6.10 Å². The zero-order valence-electron chi connectivity index (χ0n) is 32.8. The number of carbonyl (C=O) groups is 2. The van der Waals surface area contributed by atoms with Gasteiger partial charge in [0.25, 0.3) is 0 Å². The second-order valence-corrected chi connectivity index (χ2v) is 15.3. The molecule has 0 amide bonds. The lowest BCUT2D eigenvalue weighted by Crippen LogP contribution is -2.29. The lowest BCUT2D eigenvalue weighted by molar-refractivity contribution is -0.161. The van der Waals surface area contributed by atoms with E-state index in [1.807, 2.05) is 0 Å². The standard InChI is InChI=1S/C41H78NO8P/c1-3-5-7-9-11-13-15-17-19-21-23-25-27-29-31-33-40(43)47-37-39(38-49-51(45,46)48-36-35-42)50-41(44)34-32-30-28-26-24-22-20-18-16-14-12-10-8-6-4-2/h23-26,39H,3-22,27-38,42H2,1-2H3,(H,45,46)/b25-23+,26-24+/t39-/m1/s1. The van der Waals surface area contributed by atoms with Gasteiger partial charge in [-0.2, -0.15) is 0 Å². The molecule has 0 aromatic rings. The van der Waals surface area contributed by atoms with Crippen LogP contribution < -0.4 is 5.73 Å². The molecular weight excluding hydrogens is 665 g/mol. The molecule has 0 heterocycles. The Labute approximate surface area is 312 Å². The van der Waals surface area contributed by atoms with Gasteiger partial charge in [0, 0.05) is 19.4 Å². The van der Waals surface area contributed by atoms with Gasteiger partial charge < -0.3 is 20.1 Å². The fourth-order valence-corrected chi connectivity index (χ4v) is 6.45. The molecule has 2 atom stereocenters. The van der Waals surface area contributed by atoms with Crippen molar-refractivity contribution in [3.8, 4) is 0 Å². The fourth-order valence-electron chi connectivity index (χ4n) is 5.68. The Kier molecular flexibility index (Phi) is 37.1. The summed E-state index contributed by atoms with van der Waals surface area (Å²) in [4.78, 5) is 34.8. The minimum Gasteiger partial charge on any atom is -0.462 e. The predicted octanol–water partition coefficient (Wildman–Crippen LogP) is 11.6. The third kappa shape index (κ3) is 38.0. The highest BCUT2D eigenvalue weighted by molar-refractivity contribution is 7.47. The highest BCUT2D eigenvalue weighted by Gasteiger charge is 2.25. The van der Waals surface area contributed by atoms with Gasteiger partial charge in [0.05, 0.1) is 13.2 Å². The minimum absolute atomic E-state index is 0.0491. The molecule has 0 aromatic heterocycles. The molecule has 0 saturated carbocycles.